The average Bonchev–Trinajstić information content (AvgIpc) is 2.76. The number of carbonyl (C=O) groups excluding carboxylic acids is 1. The number of carbonyl (C=O) groups is 1. The van der Waals surface area contributed by atoms with Gasteiger partial charge < -0.3 is 10.2 Å². The Morgan fingerprint density at radius 2 is 1.87 bits per heavy atom. The van der Waals surface area contributed by atoms with Crippen LogP contribution in [0, 0.1) is 5.92 Å². The maximum atomic E-state index is 12.4. The van der Waals surface area contributed by atoms with E-state index < -0.39 is 0 Å². The molecule has 0 unspecified atom stereocenters. The van der Waals surface area contributed by atoms with Crippen LogP contribution in [0.25, 0.3) is 11.3 Å². The highest BCUT2D eigenvalue weighted by Gasteiger charge is 2.17. The molecule has 154 valence electrons. The summed E-state index contributed by atoms with van der Waals surface area (Å²) in [5, 5.41) is 12.4. The summed E-state index contributed by atoms with van der Waals surface area (Å²) in [6, 6.07) is 19.1. The smallest absolute Gasteiger partial charge is 0.228 e. The van der Waals surface area contributed by atoms with Gasteiger partial charge in [-0.25, -0.2) is 0 Å². The van der Waals surface area contributed by atoms with Gasteiger partial charge in [0.05, 0.1) is 12.1 Å². The number of nitrogens with one attached hydrogen (secondary N) is 1. The van der Waals surface area contributed by atoms with Crippen LogP contribution < -0.4 is 10.2 Å². The number of amides is 1. The standard InChI is InChI=1S/C24H25ClN4O/c1-17-11-13-29(14-12-17)23-10-9-22(27-28-23)19-6-4-7-20(15-19)26-24(30)16-18-5-2-3-8-21(18)25/h2-10,15,17H,11-14,16H2,1H3,(H,26,30). The van der Waals surface area contributed by atoms with E-state index in [-0.39, 0.29) is 12.3 Å². The van der Waals surface area contributed by atoms with Gasteiger partial charge in [-0.15, -0.1) is 10.2 Å². The van der Waals surface area contributed by atoms with E-state index in [1.54, 1.807) is 6.07 Å². The summed E-state index contributed by atoms with van der Waals surface area (Å²) < 4.78 is 0. The molecule has 2 heterocycles. The number of benzene rings is 2. The summed E-state index contributed by atoms with van der Waals surface area (Å²) in [7, 11) is 0. The van der Waals surface area contributed by atoms with Gasteiger partial charge in [0.25, 0.3) is 0 Å². The normalized spacial score (nSPS) is 14.5. The highest BCUT2D eigenvalue weighted by Crippen LogP contribution is 2.25. The van der Waals surface area contributed by atoms with Crippen molar-refractivity contribution in [2.24, 2.45) is 5.92 Å². The summed E-state index contributed by atoms with van der Waals surface area (Å²) in [5.74, 6) is 1.60. The molecule has 0 spiro atoms. The SMILES string of the molecule is CC1CCN(c2ccc(-c3cccc(NC(=O)Cc4ccccc4Cl)c3)nn2)CC1. The Morgan fingerprint density at radius 1 is 1.07 bits per heavy atom. The molecule has 1 fully saturated rings. The van der Waals surface area contributed by atoms with E-state index in [9.17, 15) is 4.79 Å². The first-order chi connectivity index (χ1) is 14.6. The molecule has 1 aromatic heterocycles. The number of halogens is 1. The van der Waals surface area contributed by atoms with E-state index in [1.165, 1.54) is 12.8 Å². The zero-order valence-electron chi connectivity index (χ0n) is 17.0. The Morgan fingerprint density at radius 3 is 2.60 bits per heavy atom. The number of hydrogen-bond donors (Lipinski definition) is 1. The number of nitrogens with zero attached hydrogens (tertiary/aromatic N) is 3. The lowest BCUT2D eigenvalue weighted by Gasteiger charge is -2.30. The van der Waals surface area contributed by atoms with Crippen LogP contribution in [0.15, 0.2) is 60.7 Å². The zero-order chi connectivity index (χ0) is 20.9. The summed E-state index contributed by atoms with van der Waals surface area (Å²) in [6.45, 7) is 4.36. The second-order valence-corrected chi connectivity index (χ2v) is 8.25. The molecule has 1 aliphatic rings. The highest BCUT2D eigenvalue weighted by atomic mass is 35.5. The fourth-order valence-corrected chi connectivity index (χ4v) is 3.86. The second kappa shape index (κ2) is 9.26. The van der Waals surface area contributed by atoms with Crippen LogP contribution >= 0.6 is 11.6 Å². The summed E-state index contributed by atoms with van der Waals surface area (Å²) in [6.07, 6.45) is 2.62. The van der Waals surface area contributed by atoms with E-state index in [4.69, 9.17) is 11.6 Å². The van der Waals surface area contributed by atoms with Crippen LogP contribution in [0.3, 0.4) is 0 Å². The first-order valence-electron chi connectivity index (χ1n) is 10.3. The minimum Gasteiger partial charge on any atom is -0.355 e. The largest absolute Gasteiger partial charge is 0.355 e. The average molecular weight is 421 g/mol. The van der Waals surface area contributed by atoms with E-state index >= 15 is 0 Å². The molecule has 1 saturated heterocycles. The predicted molar refractivity (Wildman–Crippen MR) is 122 cm³/mol. The van der Waals surface area contributed by atoms with Gasteiger partial charge in [0.1, 0.15) is 0 Å². The quantitative estimate of drug-likeness (QED) is 0.615. The first-order valence-corrected chi connectivity index (χ1v) is 10.7. The van der Waals surface area contributed by atoms with Crippen molar-refractivity contribution in [1.82, 2.24) is 10.2 Å². The number of anilines is 2. The highest BCUT2D eigenvalue weighted by molar-refractivity contribution is 6.31. The van der Waals surface area contributed by atoms with Crippen molar-refractivity contribution in [3.8, 4) is 11.3 Å². The molecule has 0 aliphatic carbocycles. The van der Waals surface area contributed by atoms with E-state index in [2.05, 4.69) is 27.3 Å². The fourth-order valence-electron chi connectivity index (χ4n) is 3.66. The maximum absolute atomic E-state index is 12.4. The lowest BCUT2D eigenvalue weighted by atomic mass is 9.99. The van der Waals surface area contributed by atoms with E-state index in [0.29, 0.717) is 5.02 Å². The van der Waals surface area contributed by atoms with Crippen LogP contribution in [-0.2, 0) is 11.2 Å². The Labute approximate surface area is 182 Å². The topological polar surface area (TPSA) is 58.1 Å². The molecule has 5 nitrogen and oxygen atoms in total. The summed E-state index contributed by atoms with van der Waals surface area (Å²) in [4.78, 5) is 14.7. The van der Waals surface area contributed by atoms with Gasteiger partial charge in [-0.2, -0.15) is 0 Å². The Kier molecular flexibility index (Phi) is 6.29. The van der Waals surface area contributed by atoms with Crippen LogP contribution in [0.2, 0.25) is 5.02 Å². The van der Waals surface area contributed by atoms with Crippen molar-refractivity contribution in [1.29, 1.82) is 0 Å². The van der Waals surface area contributed by atoms with Crippen molar-refractivity contribution >= 4 is 29.0 Å². The fraction of sp³-hybridized carbons (Fsp3) is 0.292. The second-order valence-electron chi connectivity index (χ2n) is 7.84. The predicted octanol–water partition coefficient (Wildman–Crippen LogP) is 5.21. The van der Waals surface area contributed by atoms with Crippen molar-refractivity contribution in [3.05, 3.63) is 71.2 Å². The van der Waals surface area contributed by atoms with Gasteiger partial charge in [-0.05, 0) is 54.7 Å². The molecule has 6 heteroatoms. The number of hydrogen-bond acceptors (Lipinski definition) is 4. The number of aromatic nitrogens is 2. The maximum Gasteiger partial charge on any atom is 0.228 e. The van der Waals surface area contributed by atoms with Crippen LogP contribution in [-0.4, -0.2) is 29.2 Å². The van der Waals surface area contributed by atoms with Crippen molar-refractivity contribution in [3.63, 3.8) is 0 Å². The Bertz CT molecular complexity index is 1010. The monoisotopic (exact) mass is 420 g/mol. The third-order valence-corrected chi connectivity index (χ3v) is 5.88. The van der Waals surface area contributed by atoms with Crippen LogP contribution in [0.1, 0.15) is 25.3 Å². The number of rotatable bonds is 5. The summed E-state index contributed by atoms with van der Waals surface area (Å²) >= 11 is 6.15. The number of piperidine rings is 1. The third-order valence-electron chi connectivity index (χ3n) is 5.51. The molecule has 0 radical (unpaired) electrons. The molecule has 3 aromatic rings. The molecule has 1 aliphatic heterocycles. The van der Waals surface area contributed by atoms with Crippen molar-refractivity contribution in [2.75, 3.05) is 23.3 Å². The lowest BCUT2D eigenvalue weighted by Crippen LogP contribution is -2.33. The Hall–Kier alpha value is -2.92. The minimum absolute atomic E-state index is 0.110. The molecular weight excluding hydrogens is 396 g/mol. The molecular formula is C24H25ClN4O. The van der Waals surface area contributed by atoms with E-state index in [1.807, 2.05) is 54.6 Å². The molecule has 1 N–H and O–H groups in total. The third kappa shape index (κ3) is 4.97. The van der Waals surface area contributed by atoms with E-state index in [0.717, 1.165) is 47.3 Å². The molecule has 4 rings (SSSR count). The molecule has 0 bridgehead atoms. The van der Waals surface area contributed by atoms with Crippen LogP contribution in [0.4, 0.5) is 11.5 Å². The molecule has 30 heavy (non-hydrogen) atoms. The van der Waals surface area contributed by atoms with Crippen molar-refractivity contribution in [2.45, 2.75) is 26.2 Å². The Balaban J connectivity index is 1.43. The van der Waals surface area contributed by atoms with Crippen molar-refractivity contribution < 1.29 is 4.79 Å². The minimum atomic E-state index is -0.110. The summed E-state index contributed by atoms with van der Waals surface area (Å²) in [5.41, 5.74) is 3.23. The zero-order valence-corrected chi connectivity index (χ0v) is 17.8. The van der Waals surface area contributed by atoms with Gasteiger partial charge >= 0.3 is 0 Å². The molecule has 0 atom stereocenters. The van der Waals surface area contributed by atoms with Gasteiger partial charge in [0.2, 0.25) is 5.91 Å². The van der Waals surface area contributed by atoms with Gasteiger partial charge in [-0.3, -0.25) is 4.79 Å². The molecule has 1 amide bonds. The van der Waals surface area contributed by atoms with Gasteiger partial charge in [0, 0.05) is 29.4 Å². The van der Waals surface area contributed by atoms with Crippen LogP contribution in [0.5, 0.6) is 0 Å². The van der Waals surface area contributed by atoms with Gasteiger partial charge in [-0.1, -0.05) is 48.9 Å². The lowest BCUT2D eigenvalue weighted by molar-refractivity contribution is -0.115. The van der Waals surface area contributed by atoms with Gasteiger partial charge in [0.15, 0.2) is 5.82 Å². The molecule has 2 aromatic carbocycles. The first kappa shape index (κ1) is 20.4. The molecule has 0 saturated carbocycles.